The molecule has 1 aliphatic heterocycles. The second-order valence-corrected chi connectivity index (χ2v) is 4.30. The predicted molar refractivity (Wildman–Crippen MR) is 62.7 cm³/mol. The number of benzene rings is 1. The summed E-state index contributed by atoms with van der Waals surface area (Å²) in [4.78, 5) is 11.8. The highest BCUT2D eigenvalue weighted by atomic mass is 19.4. The zero-order valence-corrected chi connectivity index (χ0v) is 10.3. The third-order valence-corrected chi connectivity index (χ3v) is 2.82. The van der Waals surface area contributed by atoms with Gasteiger partial charge in [-0.15, -0.1) is 13.2 Å². The van der Waals surface area contributed by atoms with E-state index in [0.717, 1.165) is 12.5 Å². The van der Waals surface area contributed by atoms with Crippen LogP contribution < -0.4 is 15.4 Å². The zero-order valence-electron chi connectivity index (χ0n) is 10.3. The van der Waals surface area contributed by atoms with Crippen LogP contribution >= 0.6 is 0 Å². The van der Waals surface area contributed by atoms with Crippen molar-refractivity contribution < 1.29 is 27.1 Å². The molecule has 1 fully saturated rings. The first-order valence-corrected chi connectivity index (χ1v) is 5.95. The Bertz CT molecular complexity index is 499. The molecule has 8 heteroatoms. The van der Waals surface area contributed by atoms with Crippen LogP contribution in [-0.4, -0.2) is 24.9 Å². The van der Waals surface area contributed by atoms with Gasteiger partial charge in [0, 0.05) is 0 Å². The van der Waals surface area contributed by atoms with Gasteiger partial charge in [-0.05, 0) is 31.5 Å². The summed E-state index contributed by atoms with van der Waals surface area (Å²) < 4.78 is 53.6. The lowest BCUT2D eigenvalue weighted by atomic mass is 10.2. The largest absolute Gasteiger partial charge is 0.573 e. The molecule has 1 saturated heterocycles. The molecule has 0 bridgehead atoms. The summed E-state index contributed by atoms with van der Waals surface area (Å²) >= 11 is 0. The molecule has 0 aromatic heterocycles. The molecule has 1 aromatic rings. The molecule has 110 valence electrons. The highest BCUT2D eigenvalue weighted by Gasteiger charge is 2.33. The number of amides is 1. The lowest BCUT2D eigenvalue weighted by Gasteiger charge is -2.14. The quantitative estimate of drug-likeness (QED) is 0.841. The number of anilines is 1. The van der Waals surface area contributed by atoms with E-state index in [1.54, 1.807) is 0 Å². The standard InChI is InChI=1S/C12H12F4N2O2/c13-10-7(18-11(19)8-4-2-6-17-8)3-1-5-9(10)20-12(14,15)16/h1,3,5,8,17H,2,4,6H2,(H,18,19). The molecule has 1 atom stereocenters. The molecule has 1 aliphatic rings. The molecular weight excluding hydrogens is 280 g/mol. The van der Waals surface area contributed by atoms with E-state index in [-0.39, 0.29) is 5.69 Å². The van der Waals surface area contributed by atoms with E-state index in [0.29, 0.717) is 13.0 Å². The third-order valence-electron chi connectivity index (χ3n) is 2.82. The maximum atomic E-state index is 13.8. The molecular formula is C12H12F4N2O2. The number of rotatable bonds is 3. The minimum absolute atomic E-state index is 0.342. The van der Waals surface area contributed by atoms with Crippen LogP contribution in [0.15, 0.2) is 18.2 Å². The maximum absolute atomic E-state index is 13.8. The van der Waals surface area contributed by atoms with Gasteiger partial charge in [0.2, 0.25) is 5.91 Å². The van der Waals surface area contributed by atoms with Crippen LogP contribution in [0, 0.1) is 5.82 Å². The average Bonchev–Trinajstić information content (AvgIpc) is 2.86. The minimum atomic E-state index is -4.99. The van der Waals surface area contributed by atoms with E-state index in [1.165, 1.54) is 12.1 Å². The second kappa shape index (κ2) is 5.66. The SMILES string of the molecule is O=C(Nc1cccc(OC(F)(F)F)c1F)C1CCCN1. The van der Waals surface area contributed by atoms with Crippen LogP contribution in [-0.2, 0) is 4.79 Å². The summed E-state index contributed by atoms with van der Waals surface area (Å²) in [6.07, 6.45) is -3.57. The van der Waals surface area contributed by atoms with Crippen LogP contribution in [0.1, 0.15) is 12.8 Å². The first-order chi connectivity index (χ1) is 9.37. The smallest absolute Gasteiger partial charge is 0.403 e. The number of hydrogen-bond acceptors (Lipinski definition) is 3. The van der Waals surface area contributed by atoms with Crippen molar-refractivity contribution >= 4 is 11.6 Å². The number of nitrogens with one attached hydrogen (secondary N) is 2. The number of hydrogen-bond donors (Lipinski definition) is 2. The Labute approximate surface area is 112 Å². The highest BCUT2D eigenvalue weighted by Crippen LogP contribution is 2.29. The van der Waals surface area contributed by atoms with Gasteiger partial charge in [0.05, 0.1) is 11.7 Å². The summed E-state index contributed by atoms with van der Waals surface area (Å²) in [5.41, 5.74) is -0.342. The van der Waals surface area contributed by atoms with Crippen molar-refractivity contribution in [3.05, 3.63) is 24.0 Å². The summed E-state index contributed by atoms with van der Waals surface area (Å²) in [7, 11) is 0. The van der Waals surface area contributed by atoms with E-state index in [2.05, 4.69) is 15.4 Å². The molecule has 1 unspecified atom stereocenters. The Morgan fingerprint density at radius 3 is 2.75 bits per heavy atom. The number of halogens is 4. The van der Waals surface area contributed by atoms with E-state index in [4.69, 9.17) is 0 Å². The molecule has 20 heavy (non-hydrogen) atoms. The van der Waals surface area contributed by atoms with Gasteiger partial charge in [-0.25, -0.2) is 4.39 Å². The van der Waals surface area contributed by atoms with E-state index < -0.39 is 29.9 Å². The summed E-state index contributed by atoms with van der Waals surface area (Å²) in [6, 6.07) is 2.72. The van der Waals surface area contributed by atoms with Crippen molar-refractivity contribution in [3.8, 4) is 5.75 Å². The molecule has 2 rings (SSSR count). The number of carbonyl (C=O) groups is 1. The molecule has 1 heterocycles. The summed E-state index contributed by atoms with van der Waals surface area (Å²) in [6.45, 7) is 0.678. The first-order valence-electron chi connectivity index (χ1n) is 5.95. The predicted octanol–water partition coefficient (Wildman–Crippen LogP) is 2.41. The molecule has 2 N–H and O–H groups in total. The second-order valence-electron chi connectivity index (χ2n) is 4.30. The Balaban J connectivity index is 2.12. The van der Waals surface area contributed by atoms with Gasteiger partial charge in [-0.2, -0.15) is 0 Å². The Hall–Kier alpha value is -1.83. The van der Waals surface area contributed by atoms with Crippen LogP contribution in [0.4, 0.5) is 23.2 Å². The van der Waals surface area contributed by atoms with Crippen molar-refractivity contribution in [3.63, 3.8) is 0 Å². The van der Waals surface area contributed by atoms with E-state index in [9.17, 15) is 22.4 Å². The van der Waals surface area contributed by atoms with Crippen molar-refractivity contribution in [2.75, 3.05) is 11.9 Å². The van der Waals surface area contributed by atoms with Crippen molar-refractivity contribution in [2.24, 2.45) is 0 Å². The van der Waals surface area contributed by atoms with Gasteiger partial charge in [0.15, 0.2) is 11.6 Å². The number of alkyl halides is 3. The van der Waals surface area contributed by atoms with Crippen molar-refractivity contribution in [1.82, 2.24) is 5.32 Å². The maximum Gasteiger partial charge on any atom is 0.573 e. The Morgan fingerprint density at radius 1 is 1.40 bits per heavy atom. The zero-order chi connectivity index (χ0) is 14.8. The van der Waals surface area contributed by atoms with Crippen molar-refractivity contribution in [1.29, 1.82) is 0 Å². The van der Waals surface area contributed by atoms with Gasteiger partial charge in [0.25, 0.3) is 0 Å². The molecule has 1 amide bonds. The van der Waals surface area contributed by atoms with E-state index >= 15 is 0 Å². The average molecular weight is 292 g/mol. The molecule has 4 nitrogen and oxygen atoms in total. The number of ether oxygens (including phenoxy) is 1. The summed E-state index contributed by atoms with van der Waals surface area (Å²) in [5.74, 6) is -2.71. The van der Waals surface area contributed by atoms with Gasteiger partial charge in [-0.1, -0.05) is 6.07 Å². The fraction of sp³-hybridized carbons (Fsp3) is 0.417. The van der Waals surface area contributed by atoms with E-state index in [1.807, 2.05) is 0 Å². The normalized spacial score (nSPS) is 18.9. The Kier molecular flexibility index (Phi) is 4.12. The highest BCUT2D eigenvalue weighted by molar-refractivity contribution is 5.95. The van der Waals surface area contributed by atoms with Crippen LogP contribution in [0.3, 0.4) is 0 Å². The van der Waals surface area contributed by atoms with Crippen LogP contribution in [0.2, 0.25) is 0 Å². The van der Waals surface area contributed by atoms with Gasteiger partial charge < -0.3 is 15.4 Å². The van der Waals surface area contributed by atoms with Gasteiger partial charge >= 0.3 is 6.36 Å². The molecule has 1 aromatic carbocycles. The van der Waals surface area contributed by atoms with Crippen LogP contribution in [0.5, 0.6) is 5.75 Å². The van der Waals surface area contributed by atoms with Gasteiger partial charge in [0.1, 0.15) is 0 Å². The molecule has 0 aliphatic carbocycles. The molecule has 0 saturated carbocycles. The summed E-state index contributed by atoms with van der Waals surface area (Å²) in [5, 5.41) is 5.16. The topological polar surface area (TPSA) is 50.4 Å². The fourth-order valence-electron chi connectivity index (χ4n) is 1.94. The monoisotopic (exact) mass is 292 g/mol. The minimum Gasteiger partial charge on any atom is -0.403 e. The van der Waals surface area contributed by atoms with Crippen LogP contribution in [0.25, 0.3) is 0 Å². The van der Waals surface area contributed by atoms with Crippen molar-refractivity contribution in [2.45, 2.75) is 25.2 Å². The Morgan fingerprint density at radius 2 is 2.15 bits per heavy atom. The first kappa shape index (κ1) is 14.6. The fourth-order valence-corrected chi connectivity index (χ4v) is 1.94. The lowest BCUT2D eigenvalue weighted by molar-refractivity contribution is -0.275. The molecule has 0 spiro atoms. The molecule has 0 radical (unpaired) electrons. The van der Waals surface area contributed by atoms with Gasteiger partial charge in [-0.3, -0.25) is 4.79 Å². The third kappa shape index (κ3) is 3.60. The number of carbonyl (C=O) groups excluding carboxylic acids is 1. The lowest BCUT2D eigenvalue weighted by Crippen LogP contribution is -2.35.